The number of aromatic nitrogens is 2. The molecule has 1 aromatic carbocycles. The van der Waals surface area contributed by atoms with Crippen LogP contribution in [-0.2, 0) is 19.0 Å². The number of aromatic amines is 1. The van der Waals surface area contributed by atoms with Gasteiger partial charge in [-0.1, -0.05) is 12.1 Å². The van der Waals surface area contributed by atoms with Gasteiger partial charge in [0.15, 0.2) is 5.78 Å². The van der Waals surface area contributed by atoms with E-state index in [1.54, 1.807) is 21.1 Å². The third-order valence-electron chi connectivity index (χ3n) is 5.41. The maximum atomic E-state index is 13.7. The molecule has 0 amide bonds. The van der Waals surface area contributed by atoms with Gasteiger partial charge in [0.1, 0.15) is 17.1 Å². The van der Waals surface area contributed by atoms with Crippen molar-refractivity contribution in [2.24, 2.45) is 5.73 Å². The number of nitrogens with one attached hydrogen (secondary N) is 2. The molecule has 1 aliphatic carbocycles. The van der Waals surface area contributed by atoms with Crippen molar-refractivity contribution in [3.63, 3.8) is 0 Å². The van der Waals surface area contributed by atoms with Crippen molar-refractivity contribution >= 4 is 22.4 Å². The summed E-state index contributed by atoms with van der Waals surface area (Å²) < 4.78 is 16.3. The van der Waals surface area contributed by atoms with Crippen molar-refractivity contribution in [2.45, 2.75) is 25.0 Å². The van der Waals surface area contributed by atoms with Gasteiger partial charge in [0.05, 0.1) is 43.0 Å². The Morgan fingerprint density at radius 2 is 2.10 bits per heavy atom. The molecule has 1 saturated heterocycles. The number of para-hydroxylation sites is 2. The van der Waals surface area contributed by atoms with Crippen molar-refractivity contribution < 1.29 is 19.0 Å². The number of H-pyrrole nitrogens is 1. The molecular weight excluding hydrogens is 384 g/mol. The molecule has 8 heteroatoms. The molecule has 4 N–H and O–H groups in total. The van der Waals surface area contributed by atoms with Gasteiger partial charge in [-0.3, -0.25) is 4.79 Å². The molecule has 2 aromatic rings. The second-order valence-electron chi connectivity index (χ2n) is 7.60. The van der Waals surface area contributed by atoms with Gasteiger partial charge < -0.3 is 30.2 Å². The van der Waals surface area contributed by atoms with Gasteiger partial charge in [0.2, 0.25) is 0 Å². The number of hydrogen-bond donors (Lipinski definition) is 3. The quantitative estimate of drug-likeness (QED) is 0.599. The van der Waals surface area contributed by atoms with Gasteiger partial charge in [-0.05, 0) is 31.2 Å². The molecule has 8 nitrogen and oxygen atoms in total. The molecule has 30 heavy (non-hydrogen) atoms. The van der Waals surface area contributed by atoms with Gasteiger partial charge in [-0.25, -0.2) is 4.98 Å². The fourth-order valence-corrected chi connectivity index (χ4v) is 3.74. The molecule has 2 heterocycles. The van der Waals surface area contributed by atoms with E-state index in [2.05, 4.69) is 15.3 Å². The molecule has 1 unspecified atom stereocenters. The summed E-state index contributed by atoms with van der Waals surface area (Å²) in [6.07, 6.45) is 4.32. The zero-order valence-electron chi connectivity index (χ0n) is 17.3. The number of allylic oxidation sites excluding steroid dienone is 2. The summed E-state index contributed by atoms with van der Waals surface area (Å²) in [6.45, 7) is 2.17. The molecule has 1 atom stereocenters. The zero-order chi connectivity index (χ0) is 21.3. The molecule has 1 fully saturated rings. The number of carbonyl (C=O) groups excluding carboxylic acids is 1. The molecule has 0 spiro atoms. The zero-order valence-corrected chi connectivity index (χ0v) is 17.3. The van der Waals surface area contributed by atoms with Crippen LogP contribution in [-0.4, -0.2) is 54.8 Å². The van der Waals surface area contributed by atoms with Crippen LogP contribution in [0.5, 0.6) is 0 Å². The minimum atomic E-state index is -0.939. The molecule has 0 saturated carbocycles. The van der Waals surface area contributed by atoms with Crippen molar-refractivity contribution in [1.29, 1.82) is 0 Å². The van der Waals surface area contributed by atoms with E-state index in [9.17, 15) is 4.79 Å². The number of carbonyl (C=O) groups is 1. The Morgan fingerprint density at radius 1 is 1.33 bits per heavy atom. The summed E-state index contributed by atoms with van der Waals surface area (Å²) >= 11 is 0. The predicted octanol–water partition coefficient (Wildman–Crippen LogP) is 2.01. The lowest BCUT2D eigenvalue weighted by molar-refractivity contribution is -0.138. The number of nitrogens with two attached hydrogens (primary N) is 1. The van der Waals surface area contributed by atoms with Crippen LogP contribution in [0.3, 0.4) is 0 Å². The van der Waals surface area contributed by atoms with Crippen molar-refractivity contribution in [3.8, 4) is 0 Å². The SMILES string of the molecule is COC1=CC(NC2(C(=O)/C(=C(\C)N)c3nc4ccccc4[nH]3)COC2)=CC(OC)C1. The second-order valence-corrected chi connectivity index (χ2v) is 7.60. The van der Waals surface area contributed by atoms with E-state index in [1.807, 2.05) is 36.4 Å². The second kappa shape index (κ2) is 7.97. The third kappa shape index (κ3) is 3.59. The average molecular weight is 410 g/mol. The van der Waals surface area contributed by atoms with E-state index in [1.165, 1.54) is 0 Å². The van der Waals surface area contributed by atoms with Gasteiger partial charge in [-0.2, -0.15) is 0 Å². The van der Waals surface area contributed by atoms with Crippen LogP contribution in [0.2, 0.25) is 0 Å². The van der Waals surface area contributed by atoms with Crippen LogP contribution in [0.15, 0.2) is 53.6 Å². The summed E-state index contributed by atoms with van der Waals surface area (Å²) in [6, 6.07) is 7.61. The number of imidazole rings is 1. The molecule has 4 rings (SSSR count). The average Bonchev–Trinajstić information content (AvgIpc) is 3.13. The molecule has 158 valence electrons. The van der Waals surface area contributed by atoms with E-state index in [4.69, 9.17) is 19.9 Å². The van der Waals surface area contributed by atoms with Crippen LogP contribution < -0.4 is 11.1 Å². The number of benzene rings is 1. The lowest BCUT2D eigenvalue weighted by Crippen LogP contribution is -2.65. The molecule has 0 radical (unpaired) electrons. The summed E-state index contributed by atoms with van der Waals surface area (Å²) in [4.78, 5) is 21.5. The molecular formula is C22H26N4O4. The molecule has 1 aromatic heterocycles. The maximum Gasteiger partial charge on any atom is 0.198 e. The summed E-state index contributed by atoms with van der Waals surface area (Å²) in [7, 11) is 3.26. The number of Topliss-reactive ketones (excluding diaryl/α,β-unsaturated/α-hetero) is 1. The number of rotatable bonds is 7. The third-order valence-corrected chi connectivity index (χ3v) is 5.41. The normalized spacial score (nSPS) is 21.2. The predicted molar refractivity (Wildman–Crippen MR) is 113 cm³/mol. The smallest absolute Gasteiger partial charge is 0.198 e. The molecule has 1 aliphatic heterocycles. The standard InChI is InChI=1S/C22H26N4O4/c1-13(23)19(21-24-17-6-4-5-7-18(17)25-21)20(27)22(11-30-12-22)26-14-8-15(28-2)10-16(9-14)29-3/h4-9,15,26H,10-12,23H2,1-3H3,(H,24,25)/b19-13-. The number of methoxy groups -OCH3 is 2. The summed E-state index contributed by atoms with van der Waals surface area (Å²) in [5.74, 6) is 1.06. The van der Waals surface area contributed by atoms with Gasteiger partial charge in [0, 0.05) is 24.9 Å². The van der Waals surface area contributed by atoms with Crippen molar-refractivity contribution in [3.05, 3.63) is 59.4 Å². The monoisotopic (exact) mass is 410 g/mol. The highest BCUT2D eigenvalue weighted by atomic mass is 16.5. The van der Waals surface area contributed by atoms with E-state index in [-0.39, 0.29) is 25.1 Å². The lowest BCUT2D eigenvalue weighted by Gasteiger charge is -2.42. The Hall–Kier alpha value is -3.10. The fourth-order valence-electron chi connectivity index (χ4n) is 3.74. The number of ketones is 1. The Bertz CT molecular complexity index is 1030. The topological polar surface area (TPSA) is 111 Å². The molecule has 0 bridgehead atoms. The van der Waals surface area contributed by atoms with Crippen LogP contribution >= 0.6 is 0 Å². The summed E-state index contributed by atoms with van der Waals surface area (Å²) in [5.41, 5.74) is 8.34. The van der Waals surface area contributed by atoms with E-state index >= 15 is 0 Å². The van der Waals surface area contributed by atoms with Crippen LogP contribution in [0.25, 0.3) is 16.6 Å². The minimum Gasteiger partial charge on any atom is -0.501 e. The highest BCUT2D eigenvalue weighted by molar-refractivity contribution is 6.25. The Balaban J connectivity index is 1.67. The van der Waals surface area contributed by atoms with Crippen molar-refractivity contribution in [1.82, 2.24) is 15.3 Å². The number of fused-ring (bicyclic) bond motifs is 1. The highest BCUT2D eigenvalue weighted by Crippen LogP contribution is 2.31. The summed E-state index contributed by atoms with van der Waals surface area (Å²) in [5, 5.41) is 3.35. The fraction of sp³-hybridized carbons (Fsp3) is 0.364. The first kappa shape index (κ1) is 20.2. The van der Waals surface area contributed by atoms with Gasteiger partial charge in [0.25, 0.3) is 0 Å². The van der Waals surface area contributed by atoms with Crippen LogP contribution in [0.1, 0.15) is 19.2 Å². The first-order valence-electron chi connectivity index (χ1n) is 9.77. The van der Waals surface area contributed by atoms with Crippen molar-refractivity contribution in [2.75, 3.05) is 27.4 Å². The largest absolute Gasteiger partial charge is 0.501 e. The maximum absolute atomic E-state index is 13.7. The lowest BCUT2D eigenvalue weighted by atomic mass is 9.85. The Kier molecular flexibility index (Phi) is 5.36. The first-order valence-corrected chi connectivity index (χ1v) is 9.77. The van der Waals surface area contributed by atoms with E-state index < -0.39 is 5.54 Å². The highest BCUT2D eigenvalue weighted by Gasteiger charge is 2.48. The van der Waals surface area contributed by atoms with Gasteiger partial charge in [-0.15, -0.1) is 0 Å². The molecule has 2 aliphatic rings. The van der Waals surface area contributed by atoms with Crippen LogP contribution in [0, 0.1) is 0 Å². The number of hydrogen-bond acceptors (Lipinski definition) is 7. The number of ether oxygens (including phenoxy) is 3. The Labute approximate surface area is 174 Å². The van der Waals surface area contributed by atoms with E-state index in [0.29, 0.717) is 23.5 Å². The van der Waals surface area contributed by atoms with Gasteiger partial charge >= 0.3 is 0 Å². The van der Waals surface area contributed by atoms with E-state index in [0.717, 1.165) is 22.5 Å². The Morgan fingerprint density at radius 3 is 2.70 bits per heavy atom. The van der Waals surface area contributed by atoms with Crippen LogP contribution in [0.4, 0.5) is 0 Å². The first-order chi connectivity index (χ1) is 14.5. The number of nitrogens with zero attached hydrogens (tertiary/aromatic N) is 1. The minimum absolute atomic E-state index is 0.137.